The van der Waals surface area contributed by atoms with Crippen LogP contribution >= 0.6 is 0 Å². The van der Waals surface area contributed by atoms with Crippen LogP contribution in [-0.2, 0) is 18.3 Å². The van der Waals surface area contributed by atoms with Gasteiger partial charge in [-0.25, -0.2) is 0 Å². The molecule has 0 atom stereocenters. The summed E-state index contributed by atoms with van der Waals surface area (Å²) in [6.45, 7) is 10.5. The van der Waals surface area contributed by atoms with Gasteiger partial charge in [-0.15, -0.1) is 0 Å². The fraction of sp³-hybridized carbons (Fsp3) is 0.106. The van der Waals surface area contributed by atoms with E-state index in [0.29, 0.717) is 5.75 Å². The van der Waals surface area contributed by atoms with Crippen LogP contribution in [-0.4, -0.2) is 66.4 Å². The largest absolute Gasteiger partial charge is 0.508 e. The van der Waals surface area contributed by atoms with Crippen molar-refractivity contribution in [1.82, 2.24) is 0 Å². The Hall–Kier alpha value is -13.5. The molecule has 544 valence electrons. The Balaban J connectivity index is 0.000000175. The third-order valence-corrected chi connectivity index (χ3v) is 17.6. The first-order valence-corrected chi connectivity index (χ1v) is 35.0. The number of phenols is 13. The van der Waals surface area contributed by atoms with E-state index in [-0.39, 0.29) is 80.8 Å². The van der Waals surface area contributed by atoms with Gasteiger partial charge in [0.25, 0.3) is 0 Å². The highest BCUT2D eigenvalue weighted by Crippen LogP contribution is 2.42. The van der Waals surface area contributed by atoms with E-state index in [2.05, 4.69) is 93.6 Å². The van der Waals surface area contributed by atoms with Gasteiger partial charge >= 0.3 is 0 Å². The average Bonchev–Trinajstić information content (AvgIpc) is 0.768. The Labute approximate surface area is 625 Å². The lowest BCUT2D eigenvalue weighted by atomic mass is 9.71. The molecule has 14 rings (SSSR count). The Morgan fingerprint density at radius 1 is 0.206 bits per heavy atom. The van der Waals surface area contributed by atoms with Gasteiger partial charge in [0.1, 0.15) is 74.7 Å². The highest BCUT2D eigenvalue weighted by atomic mass is 16.3. The fourth-order valence-electron chi connectivity index (χ4n) is 11.8. The molecule has 13 N–H and O–H groups in total. The maximum atomic E-state index is 9.80. The smallest absolute Gasteiger partial charge is 0.122 e. The monoisotopic (exact) mass is 1430 g/mol. The Bertz CT molecular complexity index is 4450. The van der Waals surface area contributed by atoms with Crippen molar-refractivity contribution in [2.75, 3.05) is 0 Å². The molecule has 13 nitrogen and oxygen atoms in total. The second kappa shape index (κ2) is 39.2. The number of benzene rings is 14. The predicted octanol–water partition coefficient (Wildman–Crippen LogP) is 21.5. The third kappa shape index (κ3) is 23.2. The zero-order valence-electron chi connectivity index (χ0n) is 60.2. The molecule has 0 spiro atoms. The number of hydrogen-bond acceptors (Lipinski definition) is 13. The normalized spacial score (nSPS) is 10.5. The Morgan fingerprint density at radius 3 is 0.561 bits per heavy atom. The molecule has 0 saturated carbocycles. The van der Waals surface area contributed by atoms with Gasteiger partial charge < -0.3 is 66.4 Å². The van der Waals surface area contributed by atoms with Crippen LogP contribution in [0.1, 0.15) is 108 Å². The van der Waals surface area contributed by atoms with E-state index in [1.54, 1.807) is 133 Å². The van der Waals surface area contributed by atoms with Crippen molar-refractivity contribution >= 4 is 0 Å². The number of phenolic OH excluding ortho intramolecular Hbond substituents is 13. The van der Waals surface area contributed by atoms with E-state index < -0.39 is 5.41 Å². The molecule has 0 aliphatic rings. The quantitative estimate of drug-likeness (QED) is 0.0480. The molecular formula is C94H90O13. The van der Waals surface area contributed by atoms with Crippen molar-refractivity contribution in [3.05, 3.63) is 401 Å². The van der Waals surface area contributed by atoms with Crippen molar-refractivity contribution < 1.29 is 66.4 Å². The standard InChI is InChI=1S/C32H26O4.C20H18O3.C16H18.C12H10O2.C6H6O3.C6H6O.C2H6/c33-27-13-5-23(6-14-27)31(24-7-15-28(34)16-8-24)21-1-2-22(4-3-21)32(25-9-17-29(35)18-10-25)26-11-19-30(36)20-12-26;1-20(14-2-8-17(21)9-3-14,15-4-10-18(22)11-5-15)16-6-12-19(23)13-7-16;1-3-13-5-9-15(10-6-13)16-11-7-14(4-2)8-12-16;13-11-5-1-9(2-6-11)10-3-7-12(14)8-4-10;7-4-1-5(8)3-6(9)2-4;7-6-4-2-1-3-5-6;1-2/h1-20,31-36H;2-13,21-23H,1H3;5-12H,3-4H2,1-2H3;1-8,13-14H;1-3,7-9H;1-5,7H;1-2H3. The average molecular weight is 1430 g/mol. The van der Waals surface area contributed by atoms with Gasteiger partial charge in [-0.2, -0.15) is 0 Å². The van der Waals surface area contributed by atoms with Gasteiger partial charge in [-0.1, -0.05) is 228 Å². The van der Waals surface area contributed by atoms with Gasteiger partial charge in [-0.05, 0) is 225 Å². The van der Waals surface area contributed by atoms with Crippen LogP contribution in [0.25, 0.3) is 22.3 Å². The highest BCUT2D eigenvalue weighted by Gasteiger charge is 2.31. The van der Waals surface area contributed by atoms with E-state index in [9.17, 15) is 35.7 Å². The number of aromatic hydroxyl groups is 13. The first-order chi connectivity index (χ1) is 51.6. The summed E-state index contributed by atoms with van der Waals surface area (Å²) >= 11 is 0. The van der Waals surface area contributed by atoms with Gasteiger partial charge in [0.05, 0.1) is 0 Å². The number of aryl methyl sites for hydroxylation is 2. The minimum absolute atomic E-state index is 0.0824. The molecule has 0 radical (unpaired) electrons. The molecule has 0 saturated heterocycles. The lowest BCUT2D eigenvalue weighted by Gasteiger charge is -2.32. The van der Waals surface area contributed by atoms with E-state index in [1.807, 2.05) is 129 Å². The first-order valence-electron chi connectivity index (χ1n) is 35.0. The summed E-state index contributed by atoms with van der Waals surface area (Å²) in [5.41, 5.74) is 16.2. The molecule has 0 aliphatic heterocycles. The summed E-state index contributed by atoms with van der Waals surface area (Å²) in [6.07, 6.45) is 2.21. The molecule has 0 unspecified atom stereocenters. The van der Waals surface area contributed by atoms with Crippen LogP contribution in [0.4, 0.5) is 0 Å². The highest BCUT2D eigenvalue weighted by molar-refractivity contribution is 5.66. The molecular weight excluding hydrogens is 1340 g/mol. The Kier molecular flexibility index (Phi) is 29.0. The summed E-state index contributed by atoms with van der Waals surface area (Å²) in [6, 6.07) is 102. The predicted molar refractivity (Wildman–Crippen MR) is 427 cm³/mol. The number of para-hydroxylation sites is 1. The fourth-order valence-corrected chi connectivity index (χ4v) is 11.8. The van der Waals surface area contributed by atoms with Crippen LogP contribution in [0.15, 0.2) is 340 Å². The molecule has 107 heavy (non-hydrogen) atoms. The molecule has 14 aromatic rings. The Morgan fingerprint density at radius 2 is 0.374 bits per heavy atom. The second-order valence-corrected chi connectivity index (χ2v) is 24.9. The lowest BCUT2D eigenvalue weighted by Crippen LogP contribution is -2.25. The minimum atomic E-state index is -0.477. The number of hydrogen-bond donors (Lipinski definition) is 13. The molecule has 0 bridgehead atoms. The van der Waals surface area contributed by atoms with Gasteiger partial charge in [0.15, 0.2) is 0 Å². The lowest BCUT2D eigenvalue weighted by molar-refractivity contribution is 0.428. The maximum Gasteiger partial charge on any atom is 0.122 e. The van der Waals surface area contributed by atoms with Crippen LogP contribution in [0, 0.1) is 0 Å². The van der Waals surface area contributed by atoms with E-state index in [4.69, 9.17) is 30.6 Å². The van der Waals surface area contributed by atoms with Gasteiger partial charge in [-0.3, -0.25) is 0 Å². The van der Waals surface area contributed by atoms with Crippen LogP contribution in [0.3, 0.4) is 0 Å². The molecule has 0 aliphatic carbocycles. The zero-order valence-corrected chi connectivity index (χ0v) is 60.2. The second-order valence-electron chi connectivity index (χ2n) is 24.9. The van der Waals surface area contributed by atoms with Crippen LogP contribution in [0.2, 0.25) is 0 Å². The molecule has 0 amide bonds. The maximum absolute atomic E-state index is 9.80. The minimum Gasteiger partial charge on any atom is -0.508 e. The summed E-state index contributed by atoms with van der Waals surface area (Å²) < 4.78 is 0. The van der Waals surface area contributed by atoms with Gasteiger partial charge in [0, 0.05) is 35.4 Å². The van der Waals surface area contributed by atoms with Crippen LogP contribution < -0.4 is 0 Å². The van der Waals surface area contributed by atoms with Crippen molar-refractivity contribution in [2.24, 2.45) is 0 Å². The molecule has 0 fully saturated rings. The molecule has 0 heterocycles. The molecule has 14 aromatic carbocycles. The summed E-state index contributed by atoms with van der Waals surface area (Å²) in [5, 5.41) is 121. The first kappa shape index (κ1) is 79.2. The number of rotatable bonds is 13. The van der Waals surface area contributed by atoms with Crippen LogP contribution in [0.5, 0.6) is 74.7 Å². The van der Waals surface area contributed by atoms with Gasteiger partial charge in [0.2, 0.25) is 0 Å². The van der Waals surface area contributed by atoms with E-state index in [0.717, 1.165) is 92.2 Å². The summed E-state index contributed by atoms with van der Waals surface area (Å²) in [7, 11) is 0. The summed E-state index contributed by atoms with van der Waals surface area (Å²) in [5.74, 6) is 1.73. The zero-order chi connectivity index (χ0) is 76.8. The van der Waals surface area contributed by atoms with Crippen molar-refractivity contribution in [2.45, 2.75) is 64.7 Å². The molecule has 0 aromatic heterocycles. The topological polar surface area (TPSA) is 263 Å². The van der Waals surface area contributed by atoms with Crippen molar-refractivity contribution in [3.63, 3.8) is 0 Å². The van der Waals surface area contributed by atoms with E-state index >= 15 is 0 Å². The third-order valence-electron chi connectivity index (χ3n) is 17.6. The van der Waals surface area contributed by atoms with Crippen molar-refractivity contribution in [1.29, 1.82) is 0 Å². The SMILES string of the molecule is CC.CC(c1ccc(O)cc1)(c1ccc(O)cc1)c1ccc(O)cc1.CCc1ccc(-c2ccc(CC)cc2)cc1.Oc1cc(O)cc(O)c1.Oc1ccc(-c2ccc(O)cc2)cc1.Oc1ccc(C(c2ccc(O)cc2)c2ccc(C(c3ccc(O)cc3)c3ccc(O)cc3)cc2)cc1.Oc1ccccc1. The van der Waals surface area contributed by atoms with Crippen molar-refractivity contribution in [3.8, 4) is 97.0 Å². The van der Waals surface area contributed by atoms with E-state index in [1.165, 1.54) is 22.3 Å². The molecule has 13 heteroatoms. The summed E-state index contributed by atoms with van der Waals surface area (Å²) in [4.78, 5) is 0.